The standard InChI is InChI=1S/C45H31N3S3/c1-2-10-26(11-3-1)43-46-44(27-21-23-39-36(24-27)30-13-5-6-18-37(30)49-39)48-45(47-43)28-20-22-31-33-15-9-17-35(42(33)51-40(31)25-28)34-16-8-14-32-29-12-4-7-19-38(29)50-41(32)34/h1-25,43-48H. The van der Waals surface area contributed by atoms with E-state index in [4.69, 9.17) is 0 Å². The molecule has 0 amide bonds. The van der Waals surface area contributed by atoms with E-state index in [0.717, 1.165) is 0 Å². The van der Waals surface area contributed by atoms with Crippen molar-refractivity contribution in [2.75, 3.05) is 0 Å². The summed E-state index contributed by atoms with van der Waals surface area (Å²) in [6.45, 7) is 0. The first-order valence-corrected chi connectivity index (χ1v) is 19.8. The highest BCUT2D eigenvalue weighted by Crippen LogP contribution is 2.46. The number of hydrogen-bond donors (Lipinski definition) is 3. The fourth-order valence-corrected chi connectivity index (χ4v) is 11.6. The topological polar surface area (TPSA) is 36.1 Å². The van der Waals surface area contributed by atoms with Crippen molar-refractivity contribution in [3.8, 4) is 11.1 Å². The lowest BCUT2D eigenvalue weighted by atomic mass is 10.00. The van der Waals surface area contributed by atoms with E-state index in [-0.39, 0.29) is 18.5 Å². The van der Waals surface area contributed by atoms with Crippen molar-refractivity contribution in [3.05, 3.63) is 168 Å². The van der Waals surface area contributed by atoms with Crippen LogP contribution in [0.2, 0.25) is 0 Å². The molecule has 7 aromatic carbocycles. The van der Waals surface area contributed by atoms with Gasteiger partial charge in [0.1, 0.15) is 0 Å². The van der Waals surface area contributed by atoms with Crippen molar-refractivity contribution >= 4 is 94.5 Å². The van der Waals surface area contributed by atoms with Crippen molar-refractivity contribution in [1.29, 1.82) is 0 Å². The Labute approximate surface area is 306 Å². The van der Waals surface area contributed by atoms with E-state index in [0.29, 0.717) is 0 Å². The van der Waals surface area contributed by atoms with Crippen LogP contribution in [-0.2, 0) is 0 Å². The summed E-state index contributed by atoms with van der Waals surface area (Å²) in [5.74, 6) is 0. The Kier molecular flexibility index (Phi) is 6.90. The molecule has 244 valence electrons. The predicted octanol–water partition coefficient (Wildman–Crippen LogP) is 12.6. The highest BCUT2D eigenvalue weighted by molar-refractivity contribution is 7.27. The Bertz CT molecular complexity index is 2940. The summed E-state index contributed by atoms with van der Waals surface area (Å²) < 4.78 is 8.00. The molecule has 0 spiro atoms. The SMILES string of the molecule is c1ccc(C2NC(c3ccc4c(c3)sc3c(-c5cccc6c5sc5ccccc56)cccc34)NC(c3ccc4sc5ccccc5c4c3)N2)cc1. The van der Waals surface area contributed by atoms with Gasteiger partial charge in [0.15, 0.2) is 0 Å². The quantitative estimate of drug-likeness (QED) is 0.170. The third kappa shape index (κ3) is 4.87. The maximum Gasteiger partial charge on any atom is 0.0865 e. The summed E-state index contributed by atoms with van der Waals surface area (Å²) in [5, 5.41) is 19.7. The maximum atomic E-state index is 3.95. The average molecular weight is 710 g/mol. The van der Waals surface area contributed by atoms with Gasteiger partial charge in [0.2, 0.25) is 0 Å². The zero-order chi connectivity index (χ0) is 33.5. The van der Waals surface area contributed by atoms with Crippen LogP contribution < -0.4 is 16.0 Å². The van der Waals surface area contributed by atoms with Gasteiger partial charge in [-0.3, -0.25) is 16.0 Å². The molecule has 3 atom stereocenters. The zero-order valence-electron chi connectivity index (χ0n) is 27.4. The number of fused-ring (bicyclic) bond motifs is 9. The minimum Gasteiger partial charge on any atom is -0.279 e. The van der Waals surface area contributed by atoms with Crippen LogP contribution in [0.3, 0.4) is 0 Å². The molecule has 11 rings (SSSR count). The Morgan fingerprint density at radius 1 is 0.314 bits per heavy atom. The second-order valence-corrected chi connectivity index (χ2v) is 16.6. The Morgan fingerprint density at radius 3 is 1.51 bits per heavy atom. The van der Waals surface area contributed by atoms with Crippen molar-refractivity contribution < 1.29 is 0 Å². The molecule has 51 heavy (non-hydrogen) atoms. The highest BCUT2D eigenvalue weighted by Gasteiger charge is 2.30. The van der Waals surface area contributed by atoms with Gasteiger partial charge < -0.3 is 0 Å². The molecular weight excluding hydrogens is 679 g/mol. The monoisotopic (exact) mass is 709 g/mol. The van der Waals surface area contributed by atoms with Crippen LogP contribution in [0.15, 0.2) is 152 Å². The largest absolute Gasteiger partial charge is 0.279 e. The van der Waals surface area contributed by atoms with E-state index < -0.39 is 0 Å². The van der Waals surface area contributed by atoms with E-state index in [1.165, 1.54) is 88.3 Å². The normalized spacial score (nSPS) is 18.2. The van der Waals surface area contributed by atoms with Gasteiger partial charge >= 0.3 is 0 Å². The maximum absolute atomic E-state index is 3.95. The first kappa shape index (κ1) is 29.8. The highest BCUT2D eigenvalue weighted by atomic mass is 32.1. The molecule has 0 aliphatic carbocycles. The number of thiophene rings is 3. The fourth-order valence-electron chi connectivity index (χ4n) is 7.96. The average Bonchev–Trinajstić information content (AvgIpc) is 3.89. The molecule has 0 radical (unpaired) electrons. The minimum atomic E-state index is -0.0576. The fraction of sp³-hybridized carbons (Fsp3) is 0.0667. The lowest BCUT2D eigenvalue weighted by molar-refractivity contribution is 0.203. The van der Waals surface area contributed by atoms with Gasteiger partial charge in [-0.05, 0) is 47.0 Å². The van der Waals surface area contributed by atoms with E-state index >= 15 is 0 Å². The minimum absolute atomic E-state index is 0.0242. The smallest absolute Gasteiger partial charge is 0.0865 e. The lowest BCUT2D eigenvalue weighted by Crippen LogP contribution is -2.54. The Morgan fingerprint density at radius 2 is 0.804 bits per heavy atom. The molecule has 1 saturated heterocycles. The third-order valence-corrected chi connectivity index (χ3v) is 14.0. The molecule has 0 saturated carbocycles. The van der Waals surface area contributed by atoms with E-state index in [1.807, 2.05) is 34.0 Å². The van der Waals surface area contributed by atoms with Gasteiger partial charge in [0.05, 0.1) is 18.5 Å². The first-order chi connectivity index (χ1) is 25.2. The Hall–Kier alpha value is -4.92. The number of hydrogen-bond acceptors (Lipinski definition) is 6. The van der Waals surface area contributed by atoms with E-state index in [1.54, 1.807) is 0 Å². The summed E-state index contributed by atoms with van der Waals surface area (Å²) in [7, 11) is 0. The van der Waals surface area contributed by atoms with Gasteiger partial charge in [0, 0.05) is 71.6 Å². The molecule has 3 aromatic heterocycles. The van der Waals surface area contributed by atoms with Gasteiger partial charge in [-0.15, -0.1) is 34.0 Å². The summed E-state index contributed by atoms with van der Waals surface area (Å²) in [6.07, 6.45) is -0.127. The van der Waals surface area contributed by atoms with Crippen molar-refractivity contribution in [2.45, 2.75) is 18.5 Å². The zero-order valence-corrected chi connectivity index (χ0v) is 29.8. The second-order valence-electron chi connectivity index (χ2n) is 13.4. The molecule has 1 aliphatic rings. The van der Waals surface area contributed by atoms with Crippen LogP contribution in [0, 0.1) is 0 Å². The molecule has 10 aromatic rings. The molecule has 1 fully saturated rings. The lowest BCUT2D eigenvalue weighted by Gasteiger charge is -2.39. The van der Waals surface area contributed by atoms with Gasteiger partial charge in [-0.25, -0.2) is 0 Å². The summed E-state index contributed by atoms with van der Waals surface area (Å²) in [5.41, 5.74) is 6.32. The summed E-state index contributed by atoms with van der Waals surface area (Å²) >= 11 is 5.67. The molecule has 3 unspecified atom stereocenters. The molecule has 1 aliphatic heterocycles. The molecule has 3 nitrogen and oxygen atoms in total. The van der Waals surface area contributed by atoms with Gasteiger partial charge in [-0.2, -0.15) is 0 Å². The Balaban J connectivity index is 1.01. The number of nitrogens with one attached hydrogen (secondary N) is 3. The summed E-state index contributed by atoms with van der Waals surface area (Å²) in [4.78, 5) is 0. The van der Waals surface area contributed by atoms with Crippen LogP contribution >= 0.6 is 34.0 Å². The van der Waals surface area contributed by atoms with Gasteiger partial charge in [0.25, 0.3) is 0 Å². The summed E-state index contributed by atoms with van der Waals surface area (Å²) in [6, 6.07) is 55.8. The number of rotatable bonds is 4. The van der Waals surface area contributed by atoms with Crippen LogP contribution in [0.25, 0.3) is 71.6 Å². The van der Waals surface area contributed by atoms with Crippen LogP contribution in [0.5, 0.6) is 0 Å². The van der Waals surface area contributed by atoms with Crippen molar-refractivity contribution in [2.24, 2.45) is 0 Å². The number of benzene rings is 7. The molecule has 3 N–H and O–H groups in total. The van der Waals surface area contributed by atoms with Crippen molar-refractivity contribution in [3.63, 3.8) is 0 Å². The van der Waals surface area contributed by atoms with E-state index in [2.05, 4.69) is 168 Å². The third-order valence-electron chi connectivity index (χ3n) is 10.4. The molecule has 0 bridgehead atoms. The second kappa shape index (κ2) is 11.8. The predicted molar refractivity (Wildman–Crippen MR) is 221 cm³/mol. The van der Waals surface area contributed by atoms with Gasteiger partial charge in [-0.1, -0.05) is 121 Å². The van der Waals surface area contributed by atoms with Crippen LogP contribution in [-0.4, -0.2) is 0 Å². The van der Waals surface area contributed by atoms with Crippen LogP contribution in [0.1, 0.15) is 35.2 Å². The van der Waals surface area contributed by atoms with E-state index in [9.17, 15) is 0 Å². The molecular formula is C45H31N3S3. The molecule has 4 heterocycles. The van der Waals surface area contributed by atoms with Crippen molar-refractivity contribution in [1.82, 2.24) is 16.0 Å². The first-order valence-electron chi connectivity index (χ1n) is 17.4. The molecule has 6 heteroatoms. The van der Waals surface area contributed by atoms with Crippen LogP contribution in [0.4, 0.5) is 0 Å².